The lowest BCUT2D eigenvalue weighted by molar-refractivity contribution is 0.252. The number of ether oxygens (including phenoxy) is 1. The summed E-state index contributed by atoms with van der Waals surface area (Å²) in [6, 6.07) is 6.83. The van der Waals surface area contributed by atoms with E-state index in [1.54, 1.807) is 24.3 Å². The first-order valence-corrected chi connectivity index (χ1v) is 6.94. The lowest BCUT2D eigenvalue weighted by Crippen LogP contribution is -2.34. The molecule has 0 spiro atoms. The molecule has 6 nitrogen and oxygen atoms in total. The van der Waals surface area contributed by atoms with Gasteiger partial charge in [0.05, 0.1) is 23.4 Å². The van der Waals surface area contributed by atoms with Crippen molar-refractivity contribution in [2.45, 2.75) is 10.6 Å². The van der Waals surface area contributed by atoms with E-state index in [0.717, 1.165) is 0 Å². The second kappa shape index (κ2) is 7.00. The van der Waals surface area contributed by atoms with Gasteiger partial charge in [0.25, 0.3) is 6.01 Å². The van der Waals surface area contributed by atoms with Gasteiger partial charge in [0.2, 0.25) is 0 Å². The number of carbonyl (C=O) groups excluding carboxylic acids is 1. The standard InChI is InChI=1S/C13H14FN3O3S/c1-19-10-4-2-3-9(16-13(18)17-15)12(10)21-7-8-5-6-11(14)20-8/h2-6H,7,15H2,1H3,(H2,16,17,18). The number of urea groups is 1. The molecule has 0 radical (unpaired) electrons. The number of thioether (sulfide) groups is 1. The zero-order valence-electron chi connectivity index (χ0n) is 11.2. The largest absolute Gasteiger partial charge is 0.496 e. The Hall–Kier alpha value is -2.19. The van der Waals surface area contributed by atoms with Gasteiger partial charge in [-0.05, 0) is 18.2 Å². The maximum Gasteiger partial charge on any atom is 0.333 e. The van der Waals surface area contributed by atoms with Crippen LogP contribution in [-0.4, -0.2) is 13.1 Å². The molecule has 0 aliphatic rings. The number of hydrazine groups is 1. The third kappa shape index (κ3) is 3.89. The zero-order valence-corrected chi connectivity index (χ0v) is 12.0. The van der Waals surface area contributed by atoms with Gasteiger partial charge in [-0.25, -0.2) is 10.6 Å². The second-order valence-electron chi connectivity index (χ2n) is 3.93. The van der Waals surface area contributed by atoms with Crippen molar-refractivity contribution in [3.05, 3.63) is 42.1 Å². The van der Waals surface area contributed by atoms with Crippen LogP contribution in [0.3, 0.4) is 0 Å². The lowest BCUT2D eigenvalue weighted by Gasteiger charge is -2.13. The van der Waals surface area contributed by atoms with Crippen molar-refractivity contribution >= 4 is 23.5 Å². The van der Waals surface area contributed by atoms with E-state index >= 15 is 0 Å². The molecule has 4 N–H and O–H groups in total. The summed E-state index contributed by atoms with van der Waals surface area (Å²) in [5, 5.41) is 2.60. The number of methoxy groups -OCH3 is 1. The van der Waals surface area contributed by atoms with Gasteiger partial charge in [-0.3, -0.25) is 5.43 Å². The van der Waals surface area contributed by atoms with E-state index in [-0.39, 0.29) is 0 Å². The molecule has 2 rings (SSSR count). The summed E-state index contributed by atoms with van der Waals surface area (Å²) in [6.07, 6.45) is 0. The van der Waals surface area contributed by atoms with Gasteiger partial charge in [-0.2, -0.15) is 4.39 Å². The molecule has 2 amide bonds. The number of hydrogen-bond acceptors (Lipinski definition) is 5. The Kier molecular flexibility index (Phi) is 5.07. The fraction of sp³-hybridized carbons (Fsp3) is 0.154. The fourth-order valence-corrected chi connectivity index (χ4v) is 2.66. The van der Waals surface area contributed by atoms with E-state index in [9.17, 15) is 9.18 Å². The Bertz CT molecular complexity index is 633. The average molecular weight is 311 g/mol. The molecule has 21 heavy (non-hydrogen) atoms. The number of hydrogen-bond donors (Lipinski definition) is 3. The number of furan rings is 1. The van der Waals surface area contributed by atoms with Crippen molar-refractivity contribution in [2.24, 2.45) is 5.84 Å². The number of amides is 2. The number of nitrogens with two attached hydrogens (primary N) is 1. The maximum absolute atomic E-state index is 12.8. The minimum Gasteiger partial charge on any atom is -0.496 e. The summed E-state index contributed by atoms with van der Waals surface area (Å²) in [6.45, 7) is 0. The molecule has 0 aliphatic heterocycles. The highest BCUT2D eigenvalue weighted by molar-refractivity contribution is 7.98. The van der Waals surface area contributed by atoms with Gasteiger partial charge in [0.1, 0.15) is 11.5 Å². The van der Waals surface area contributed by atoms with E-state index in [1.807, 2.05) is 5.43 Å². The van der Waals surface area contributed by atoms with E-state index in [1.165, 1.54) is 24.9 Å². The van der Waals surface area contributed by atoms with Gasteiger partial charge in [0.15, 0.2) is 0 Å². The Morgan fingerprint density at radius 3 is 2.86 bits per heavy atom. The minimum absolute atomic E-state index is 0.392. The van der Waals surface area contributed by atoms with Crippen LogP contribution in [0.4, 0.5) is 14.9 Å². The average Bonchev–Trinajstić information content (AvgIpc) is 2.91. The van der Waals surface area contributed by atoms with Crippen LogP contribution in [0.5, 0.6) is 5.75 Å². The van der Waals surface area contributed by atoms with E-state index in [2.05, 4.69) is 5.32 Å². The van der Waals surface area contributed by atoms with Gasteiger partial charge in [-0.1, -0.05) is 6.07 Å². The summed E-state index contributed by atoms with van der Waals surface area (Å²) >= 11 is 1.35. The minimum atomic E-state index is -0.633. The Morgan fingerprint density at radius 1 is 1.43 bits per heavy atom. The van der Waals surface area contributed by atoms with Crippen LogP contribution in [0, 0.1) is 6.01 Å². The number of nitrogens with one attached hydrogen (secondary N) is 2. The molecule has 0 fully saturated rings. The molecular formula is C13H14FN3O3S. The molecule has 1 aromatic heterocycles. The SMILES string of the molecule is COc1cccc(NC(=O)NN)c1SCc1ccc(F)o1. The third-order valence-electron chi connectivity index (χ3n) is 2.57. The van der Waals surface area contributed by atoms with Crippen molar-refractivity contribution in [1.82, 2.24) is 5.43 Å². The molecular weight excluding hydrogens is 297 g/mol. The Morgan fingerprint density at radius 2 is 2.24 bits per heavy atom. The summed E-state index contributed by atoms with van der Waals surface area (Å²) in [5.41, 5.74) is 2.52. The zero-order chi connectivity index (χ0) is 15.2. The molecule has 0 aliphatic carbocycles. The van der Waals surface area contributed by atoms with E-state index in [0.29, 0.717) is 27.8 Å². The first kappa shape index (κ1) is 15.2. The maximum atomic E-state index is 12.8. The predicted octanol–water partition coefficient (Wildman–Crippen LogP) is 2.71. The molecule has 0 bridgehead atoms. The van der Waals surface area contributed by atoms with E-state index in [4.69, 9.17) is 15.0 Å². The normalized spacial score (nSPS) is 10.2. The second-order valence-corrected chi connectivity index (χ2v) is 4.92. The monoisotopic (exact) mass is 311 g/mol. The number of halogens is 1. The Labute approximate surface area is 124 Å². The van der Waals surface area contributed by atoms with Crippen molar-refractivity contribution < 1.29 is 18.3 Å². The molecule has 1 heterocycles. The van der Waals surface area contributed by atoms with Crippen LogP contribution in [0.15, 0.2) is 39.6 Å². The lowest BCUT2D eigenvalue weighted by atomic mass is 10.3. The molecule has 0 saturated heterocycles. The Balaban J connectivity index is 2.20. The van der Waals surface area contributed by atoms with Crippen molar-refractivity contribution in [2.75, 3.05) is 12.4 Å². The van der Waals surface area contributed by atoms with Crippen molar-refractivity contribution in [1.29, 1.82) is 0 Å². The van der Waals surface area contributed by atoms with Crippen LogP contribution in [0.2, 0.25) is 0 Å². The molecule has 2 aromatic rings. The number of rotatable bonds is 5. The van der Waals surface area contributed by atoms with Crippen LogP contribution in [0.25, 0.3) is 0 Å². The molecule has 0 atom stereocenters. The number of benzene rings is 1. The topological polar surface area (TPSA) is 89.5 Å². The quantitative estimate of drug-likeness (QED) is 0.342. The summed E-state index contributed by atoms with van der Waals surface area (Å²) in [7, 11) is 1.53. The molecule has 8 heteroatoms. The summed E-state index contributed by atoms with van der Waals surface area (Å²) in [4.78, 5) is 12.0. The van der Waals surface area contributed by atoms with Crippen molar-refractivity contribution in [3.63, 3.8) is 0 Å². The highest BCUT2D eigenvalue weighted by Gasteiger charge is 2.13. The van der Waals surface area contributed by atoms with E-state index < -0.39 is 12.0 Å². The first-order chi connectivity index (χ1) is 10.1. The number of anilines is 1. The molecule has 112 valence electrons. The van der Waals surface area contributed by atoms with Gasteiger partial charge >= 0.3 is 6.03 Å². The van der Waals surface area contributed by atoms with Crippen LogP contribution in [0.1, 0.15) is 5.76 Å². The van der Waals surface area contributed by atoms with Gasteiger partial charge in [0, 0.05) is 6.07 Å². The highest BCUT2D eigenvalue weighted by Crippen LogP contribution is 2.38. The number of carbonyl (C=O) groups is 1. The predicted molar refractivity (Wildman–Crippen MR) is 77.6 cm³/mol. The van der Waals surface area contributed by atoms with Crippen molar-refractivity contribution in [3.8, 4) is 5.75 Å². The molecule has 1 aromatic carbocycles. The van der Waals surface area contributed by atoms with Gasteiger partial charge in [-0.15, -0.1) is 11.8 Å². The van der Waals surface area contributed by atoms with Crippen LogP contribution >= 0.6 is 11.8 Å². The summed E-state index contributed by atoms with van der Waals surface area (Å²) < 4.78 is 23.0. The third-order valence-corrected chi connectivity index (χ3v) is 3.70. The first-order valence-electron chi connectivity index (χ1n) is 5.95. The van der Waals surface area contributed by atoms with Crippen LogP contribution < -0.4 is 21.3 Å². The smallest absolute Gasteiger partial charge is 0.333 e. The highest BCUT2D eigenvalue weighted by atomic mass is 32.2. The summed E-state index contributed by atoms with van der Waals surface area (Å²) in [5.74, 6) is 6.51. The van der Waals surface area contributed by atoms with Gasteiger partial charge < -0.3 is 14.5 Å². The fourth-order valence-electron chi connectivity index (χ4n) is 1.65. The molecule has 0 saturated carbocycles. The van der Waals surface area contributed by atoms with Crippen LogP contribution in [-0.2, 0) is 5.75 Å². The molecule has 0 unspecified atom stereocenters.